The molecule has 8 heteroatoms. The molecule has 2 rings (SSSR count). The minimum absolute atomic E-state index is 0.0198. The number of carboxylic acids is 1. The van der Waals surface area contributed by atoms with Gasteiger partial charge >= 0.3 is 5.97 Å². The zero-order chi connectivity index (χ0) is 15.9. The molecule has 0 amide bonds. The summed E-state index contributed by atoms with van der Waals surface area (Å²) in [6.07, 6.45) is 0.628. The van der Waals surface area contributed by atoms with Gasteiger partial charge in [0, 0.05) is 6.54 Å². The van der Waals surface area contributed by atoms with Crippen LogP contribution < -0.4 is 0 Å². The van der Waals surface area contributed by atoms with E-state index < -0.39 is 22.0 Å². The van der Waals surface area contributed by atoms with Crippen LogP contribution in [0.25, 0.3) is 0 Å². The number of sulfonamides is 1. The normalized spacial score (nSPS) is 23.6. The number of aryl methyl sites for hydroxylation is 2. The third kappa shape index (κ3) is 2.47. The molecule has 0 saturated carbocycles. The molecule has 0 spiro atoms. The number of nitrogens with zero attached hydrogens (tertiary/aromatic N) is 1. The highest BCUT2D eigenvalue weighted by atomic mass is 32.2. The molecule has 1 aromatic heterocycles. The van der Waals surface area contributed by atoms with Gasteiger partial charge in [-0.25, -0.2) is 13.2 Å². The fourth-order valence-corrected chi connectivity index (χ4v) is 4.99. The summed E-state index contributed by atoms with van der Waals surface area (Å²) in [5.41, 5.74) is -0.330. The number of hydrogen-bond acceptors (Lipinski definition) is 5. The highest BCUT2D eigenvalue weighted by molar-refractivity contribution is 7.89. The summed E-state index contributed by atoms with van der Waals surface area (Å²) in [7, 11) is -4.02. The van der Waals surface area contributed by atoms with Crippen LogP contribution in [-0.4, -0.2) is 48.1 Å². The van der Waals surface area contributed by atoms with Crippen LogP contribution in [0.2, 0.25) is 0 Å². The van der Waals surface area contributed by atoms with Crippen LogP contribution >= 0.6 is 0 Å². The van der Waals surface area contributed by atoms with E-state index in [1.807, 2.05) is 6.92 Å². The number of furan rings is 1. The molecule has 1 aromatic rings. The van der Waals surface area contributed by atoms with Gasteiger partial charge in [0.15, 0.2) is 0 Å². The van der Waals surface area contributed by atoms with Crippen molar-refractivity contribution in [3.05, 3.63) is 17.1 Å². The van der Waals surface area contributed by atoms with Crippen LogP contribution in [0.15, 0.2) is 9.31 Å². The summed E-state index contributed by atoms with van der Waals surface area (Å²) >= 11 is 0. The average molecular weight is 317 g/mol. The van der Waals surface area contributed by atoms with Gasteiger partial charge in [0.25, 0.3) is 0 Å². The molecule has 0 bridgehead atoms. The Kier molecular flexibility index (Phi) is 4.14. The first kappa shape index (κ1) is 16.0. The standard InChI is InChI=1S/C13H19NO6S/c1-7-4-5-14(10(7)6-15)21(18,19)12-9(3)20-8(2)11(12)13(16)17/h7,10,15H,4-6H2,1-3H3,(H,16,17). The number of aliphatic hydroxyl groups excluding tert-OH is 1. The van der Waals surface area contributed by atoms with Crippen LogP contribution in [0.1, 0.15) is 35.2 Å². The summed E-state index contributed by atoms with van der Waals surface area (Å²) in [5.74, 6) is -1.20. The van der Waals surface area contributed by atoms with Crippen molar-refractivity contribution in [1.29, 1.82) is 0 Å². The molecule has 21 heavy (non-hydrogen) atoms. The van der Waals surface area contributed by atoms with Gasteiger partial charge in [0.2, 0.25) is 10.0 Å². The van der Waals surface area contributed by atoms with E-state index in [1.165, 1.54) is 18.2 Å². The summed E-state index contributed by atoms with van der Waals surface area (Å²) in [6.45, 7) is 4.68. The van der Waals surface area contributed by atoms with Crippen LogP contribution in [0.5, 0.6) is 0 Å². The lowest BCUT2D eigenvalue weighted by atomic mass is 10.0. The van der Waals surface area contributed by atoms with Crippen molar-refractivity contribution in [2.45, 2.75) is 38.1 Å². The average Bonchev–Trinajstić information content (AvgIpc) is 2.89. The minimum Gasteiger partial charge on any atom is -0.478 e. The zero-order valence-corrected chi connectivity index (χ0v) is 13.0. The molecule has 0 aliphatic carbocycles. The van der Waals surface area contributed by atoms with Crippen LogP contribution in [-0.2, 0) is 10.0 Å². The lowest BCUT2D eigenvalue weighted by Gasteiger charge is -2.24. The topological polar surface area (TPSA) is 108 Å². The molecule has 2 unspecified atom stereocenters. The van der Waals surface area contributed by atoms with Crippen LogP contribution in [0, 0.1) is 19.8 Å². The minimum atomic E-state index is -4.02. The number of carbonyl (C=O) groups is 1. The fourth-order valence-electron chi connectivity index (χ4n) is 2.88. The van der Waals surface area contributed by atoms with Crippen LogP contribution in [0.4, 0.5) is 0 Å². The smallest absolute Gasteiger partial charge is 0.340 e. The van der Waals surface area contributed by atoms with Gasteiger partial charge in [-0.3, -0.25) is 0 Å². The highest BCUT2D eigenvalue weighted by Crippen LogP contribution is 2.34. The molecule has 2 N–H and O–H groups in total. The van der Waals surface area contributed by atoms with E-state index in [9.17, 15) is 23.4 Å². The summed E-state index contributed by atoms with van der Waals surface area (Å²) in [4.78, 5) is 11.0. The molecule has 0 radical (unpaired) electrons. The molecular formula is C13H19NO6S. The first-order chi connectivity index (χ1) is 9.71. The summed E-state index contributed by atoms with van der Waals surface area (Å²) in [6, 6.07) is -0.536. The molecule has 0 aromatic carbocycles. The molecule has 2 heterocycles. The Morgan fingerprint density at radius 2 is 2.00 bits per heavy atom. The van der Waals surface area contributed by atoms with E-state index in [4.69, 9.17) is 4.42 Å². The van der Waals surface area contributed by atoms with Crippen molar-refractivity contribution in [3.8, 4) is 0 Å². The van der Waals surface area contributed by atoms with E-state index in [0.717, 1.165) is 0 Å². The van der Waals surface area contributed by atoms with Gasteiger partial charge in [-0.05, 0) is 26.2 Å². The molecule has 1 fully saturated rings. The van der Waals surface area contributed by atoms with Crippen molar-refractivity contribution >= 4 is 16.0 Å². The molecule has 1 saturated heterocycles. The number of hydrogen-bond donors (Lipinski definition) is 2. The quantitative estimate of drug-likeness (QED) is 0.857. The largest absolute Gasteiger partial charge is 0.478 e. The predicted octanol–water partition coefficient (Wildman–Crippen LogP) is 0.986. The van der Waals surface area contributed by atoms with E-state index in [0.29, 0.717) is 6.42 Å². The van der Waals surface area contributed by atoms with Gasteiger partial charge in [-0.1, -0.05) is 6.92 Å². The first-order valence-corrected chi connectivity index (χ1v) is 8.11. The maximum absolute atomic E-state index is 12.8. The van der Waals surface area contributed by atoms with Gasteiger partial charge in [0.1, 0.15) is 22.0 Å². The third-order valence-electron chi connectivity index (χ3n) is 4.00. The lowest BCUT2D eigenvalue weighted by Crippen LogP contribution is -2.40. The van der Waals surface area contributed by atoms with Crippen LogP contribution in [0.3, 0.4) is 0 Å². The maximum atomic E-state index is 12.8. The molecular weight excluding hydrogens is 298 g/mol. The monoisotopic (exact) mass is 317 g/mol. The number of carboxylic acid groups (broad SMARTS) is 1. The second-order valence-electron chi connectivity index (χ2n) is 5.36. The third-order valence-corrected chi connectivity index (χ3v) is 6.08. The SMILES string of the molecule is Cc1oc(C)c(S(=O)(=O)N2CCC(C)C2CO)c1C(=O)O. The van der Waals surface area contributed by atoms with E-state index in [1.54, 1.807) is 0 Å². The Morgan fingerprint density at radius 1 is 1.38 bits per heavy atom. The molecule has 7 nitrogen and oxygen atoms in total. The van der Waals surface area contributed by atoms with E-state index in [-0.39, 0.29) is 41.0 Å². The van der Waals surface area contributed by atoms with E-state index >= 15 is 0 Å². The Balaban J connectivity index is 2.58. The molecule has 2 atom stereocenters. The lowest BCUT2D eigenvalue weighted by molar-refractivity contribution is 0.0691. The van der Waals surface area contributed by atoms with Gasteiger partial charge in [-0.2, -0.15) is 4.31 Å². The van der Waals surface area contributed by atoms with Crippen molar-refractivity contribution in [3.63, 3.8) is 0 Å². The van der Waals surface area contributed by atoms with Crippen molar-refractivity contribution in [2.75, 3.05) is 13.2 Å². The highest BCUT2D eigenvalue weighted by Gasteiger charge is 2.43. The van der Waals surface area contributed by atoms with Crippen molar-refractivity contribution in [1.82, 2.24) is 4.31 Å². The second kappa shape index (κ2) is 5.43. The van der Waals surface area contributed by atoms with Crippen molar-refractivity contribution in [2.24, 2.45) is 5.92 Å². The molecule has 1 aliphatic rings. The Hall–Kier alpha value is -1.38. The molecule has 1 aliphatic heterocycles. The zero-order valence-electron chi connectivity index (χ0n) is 12.2. The summed E-state index contributed by atoms with van der Waals surface area (Å²) < 4.78 is 32.0. The Bertz CT molecular complexity index is 662. The van der Waals surface area contributed by atoms with Gasteiger partial charge in [0.05, 0.1) is 12.6 Å². The maximum Gasteiger partial charge on any atom is 0.340 e. The number of aliphatic hydroxyl groups is 1. The Labute approximate surface area is 123 Å². The molecule has 118 valence electrons. The number of aromatic carboxylic acids is 1. The van der Waals surface area contributed by atoms with Crippen molar-refractivity contribution < 1.29 is 27.8 Å². The first-order valence-electron chi connectivity index (χ1n) is 6.67. The fraction of sp³-hybridized carbons (Fsp3) is 0.615. The second-order valence-corrected chi connectivity index (χ2v) is 7.18. The Morgan fingerprint density at radius 3 is 2.52 bits per heavy atom. The van der Waals surface area contributed by atoms with Gasteiger partial charge < -0.3 is 14.6 Å². The number of rotatable bonds is 4. The predicted molar refractivity (Wildman–Crippen MR) is 73.7 cm³/mol. The van der Waals surface area contributed by atoms with Gasteiger partial charge in [-0.15, -0.1) is 0 Å². The van der Waals surface area contributed by atoms with E-state index in [2.05, 4.69) is 0 Å². The summed E-state index contributed by atoms with van der Waals surface area (Å²) in [5, 5.41) is 18.7.